The van der Waals surface area contributed by atoms with E-state index in [4.69, 9.17) is 4.42 Å². The lowest BCUT2D eigenvalue weighted by Gasteiger charge is -2.30. The van der Waals surface area contributed by atoms with Crippen molar-refractivity contribution in [2.45, 2.75) is 45.9 Å². The number of aryl methyl sites for hydroxylation is 1. The topological polar surface area (TPSA) is 92.8 Å². The lowest BCUT2D eigenvalue weighted by Crippen LogP contribution is -2.32. The Labute approximate surface area is 203 Å². The van der Waals surface area contributed by atoms with Crippen molar-refractivity contribution in [2.75, 3.05) is 0 Å². The quantitative estimate of drug-likeness (QED) is 0.339. The summed E-state index contributed by atoms with van der Waals surface area (Å²) in [4.78, 5) is 18.4. The van der Waals surface area contributed by atoms with E-state index in [0.717, 1.165) is 40.0 Å². The third-order valence-electron chi connectivity index (χ3n) is 6.25. The molecule has 8 nitrogen and oxygen atoms in total. The lowest BCUT2D eigenvalue weighted by atomic mass is 10.1. The summed E-state index contributed by atoms with van der Waals surface area (Å²) in [5.41, 5.74) is 3.78. The smallest absolute Gasteiger partial charge is 0.252 e. The van der Waals surface area contributed by atoms with Crippen LogP contribution in [0, 0.1) is 6.92 Å². The Morgan fingerprint density at radius 1 is 1.06 bits per heavy atom. The molecule has 2 aromatic carbocycles. The molecule has 0 radical (unpaired) electrons. The molecule has 3 aromatic heterocycles. The minimum Gasteiger partial charge on any atom is -0.467 e. The Morgan fingerprint density at radius 2 is 1.91 bits per heavy atom. The molecular formula is C27H28N6O2. The molecule has 5 rings (SSSR count). The van der Waals surface area contributed by atoms with Crippen LogP contribution in [0.1, 0.15) is 47.7 Å². The first-order valence-electron chi connectivity index (χ1n) is 11.8. The fraction of sp³-hybridized carbons (Fsp3) is 0.259. The Kier molecular flexibility index (Phi) is 6.54. The van der Waals surface area contributed by atoms with E-state index >= 15 is 0 Å². The molecule has 1 N–H and O–H groups in total. The summed E-state index contributed by atoms with van der Waals surface area (Å²) in [6.07, 6.45) is 2.42. The second kappa shape index (κ2) is 10.1. The summed E-state index contributed by atoms with van der Waals surface area (Å²) in [7, 11) is 0. The van der Waals surface area contributed by atoms with Gasteiger partial charge in [0.2, 0.25) is 0 Å². The maximum atomic E-state index is 13.0. The normalized spacial score (nSPS) is 12.4. The van der Waals surface area contributed by atoms with Gasteiger partial charge in [-0.25, -0.2) is 4.68 Å². The first-order chi connectivity index (χ1) is 17.1. The van der Waals surface area contributed by atoms with Gasteiger partial charge in [-0.1, -0.05) is 48.9 Å². The third kappa shape index (κ3) is 5.07. The largest absolute Gasteiger partial charge is 0.467 e. The van der Waals surface area contributed by atoms with Crippen molar-refractivity contribution in [3.8, 4) is 0 Å². The molecule has 0 aliphatic rings. The van der Waals surface area contributed by atoms with Crippen molar-refractivity contribution in [2.24, 2.45) is 0 Å². The summed E-state index contributed by atoms with van der Waals surface area (Å²) in [5, 5.41) is 13.6. The zero-order valence-corrected chi connectivity index (χ0v) is 19.9. The van der Waals surface area contributed by atoms with E-state index in [1.54, 1.807) is 10.9 Å². The molecule has 0 saturated carbocycles. The van der Waals surface area contributed by atoms with E-state index in [-0.39, 0.29) is 11.6 Å². The number of nitrogens with zero attached hydrogens (tertiary/aromatic N) is 5. The second-order valence-corrected chi connectivity index (χ2v) is 8.80. The minimum atomic E-state index is -0.104. The van der Waals surface area contributed by atoms with Gasteiger partial charge in [0.15, 0.2) is 5.82 Å². The molecule has 0 bridgehead atoms. The molecule has 35 heavy (non-hydrogen) atoms. The average Bonchev–Trinajstić information content (AvgIpc) is 3.54. The summed E-state index contributed by atoms with van der Waals surface area (Å²) in [6.45, 7) is 5.72. The number of aromatic nitrogens is 5. The van der Waals surface area contributed by atoms with Gasteiger partial charge in [0.1, 0.15) is 12.3 Å². The van der Waals surface area contributed by atoms with Gasteiger partial charge in [-0.05, 0) is 65.1 Å². The number of hydrogen-bond donors (Lipinski definition) is 1. The van der Waals surface area contributed by atoms with E-state index in [9.17, 15) is 4.79 Å². The highest BCUT2D eigenvalue weighted by Gasteiger charge is 2.26. The molecule has 5 aromatic rings. The number of rotatable bonds is 9. The van der Waals surface area contributed by atoms with E-state index in [1.807, 2.05) is 48.5 Å². The lowest BCUT2D eigenvalue weighted by molar-refractivity contribution is 0.161. The van der Waals surface area contributed by atoms with Crippen LogP contribution in [0.4, 0.5) is 0 Å². The summed E-state index contributed by atoms with van der Waals surface area (Å²) < 4.78 is 7.29. The van der Waals surface area contributed by atoms with Crippen LogP contribution in [0.25, 0.3) is 10.9 Å². The molecule has 0 spiro atoms. The first-order valence-corrected chi connectivity index (χ1v) is 11.8. The molecule has 0 unspecified atom stereocenters. The first kappa shape index (κ1) is 22.7. The monoisotopic (exact) mass is 468 g/mol. The van der Waals surface area contributed by atoms with Crippen LogP contribution in [-0.2, 0) is 19.6 Å². The van der Waals surface area contributed by atoms with Gasteiger partial charge < -0.3 is 9.40 Å². The summed E-state index contributed by atoms with van der Waals surface area (Å²) in [6, 6.07) is 22.0. The van der Waals surface area contributed by atoms with Crippen LogP contribution in [0.3, 0.4) is 0 Å². The Bertz CT molecular complexity index is 1460. The van der Waals surface area contributed by atoms with Crippen LogP contribution >= 0.6 is 0 Å². The van der Waals surface area contributed by atoms with Gasteiger partial charge in [0.05, 0.1) is 12.3 Å². The molecule has 1 atom stereocenters. The highest BCUT2D eigenvalue weighted by Crippen LogP contribution is 2.27. The van der Waals surface area contributed by atoms with E-state index in [0.29, 0.717) is 25.2 Å². The molecule has 0 amide bonds. The number of fused-ring (bicyclic) bond motifs is 1. The number of aromatic amines is 1. The van der Waals surface area contributed by atoms with Crippen LogP contribution in [0.5, 0.6) is 0 Å². The van der Waals surface area contributed by atoms with Gasteiger partial charge in [-0.3, -0.25) is 9.69 Å². The average molecular weight is 469 g/mol. The molecule has 0 saturated heterocycles. The molecule has 0 fully saturated rings. The number of furan rings is 1. The predicted molar refractivity (Wildman–Crippen MR) is 134 cm³/mol. The summed E-state index contributed by atoms with van der Waals surface area (Å²) in [5.74, 6) is 1.53. The Morgan fingerprint density at radius 3 is 2.69 bits per heavy atom. The molecular weight excluding hydrogens is 440 g/mol. The van der Waals surface area contributed by atoms with Crippen molar-refractivity contribution in [1.82, 2.24) is 30.1 Å². The number of H-pyrrole nitrogens is 1. The highest BCUT2D eigenvalue weighted by atomic mass is 16.3. The molecule has 178 valence electrons. The van der Waals surface area contributed by atoms with Crippen LogP contribution in [-0.4, -0.2) is 30.1 Å². The number of tetrazole rings is 1. The van der Waals surface area contributed by atoms with Crippen LogP contribution in [0.2, 0.25) is 0 Å². The maximum Gasteiger partial charge on any atom is 0.252 e. The van der Waals surface area contributed by atoms with Gasteiger partial charge in [0, 0.05) is 24.2 Å². The Balaban J connectivity index is 1.52. The number of hydrogen-bond acceptors (Lipinski definition) is 6. The van der Waals surface area contributed by atoms with Crippen LogP contribution < -0.4 is 5.56 Å². The predicted octanol–water partition coefficient (Wildman–Crippen LogP) is 4.62. The fourth-order valence-electron chi connectivity index (χ4n) is 4.52. The van der Waals surface area contributed by atoms with Gasteiger partial charge in [-0.2, -0.15) is 0 Å². The van der Waals surface area contributed by atoms with E-state index in [1.165, 1.54) is 0 Å². The summed E-state index contributed by atoms with van der Waals surface area (Å²) >= 11 is 0. The second-order valence-electron chi connectivity index (χ2n) is 8.80. The molecule has 3 heterocycles. The van der Waals surface area contributed by atoms with Crippen LogP contribution in [0.15, 0.2) is 82.2 Å². The minimum absolute atomic E-state index is 0.0792. The van der Waals surface area contributed by atoms with Gasteiger partial charge >= 0.3 is 0 Å². The SMILES string of the molecule is CC[C@@H](c1nnnn1Cc1ccco1)N(Cc1ccccc1)Cc1cc2cc(C)ccc2[nH]c1=O. The van der Waals surface area contributed by atoms with Crippen molar-refractivity contribution >= 4 is 10.9 Å². The fourth-order valence-corrected chi connectivity index (χ4v) is 4.52. The third-order valence-corrected chi connectivity index (χ3v) is 6.25. The van der Waals surface area contributed by atoms with Crippen molar-refractivity contribution in [3.05, 3.63) is 112 Å². The van der Waals surface area contributed by atoms with Gasteiger partial charge in [-0.15, -0.1) is 5.10 Å². The van der Waals surface area contributed by atoms with Crippen molar-refractivity contribution in [1.29, 1.82) is 0 Å². The Hall–Kier alpha value is -4.04. The highest BCUT2D eigenvalue weighted by molar-refractivity contribution is 5.79. The maximum absolute atomic E-state index is 13.0. The standard InChI is InChI=1S/C27H28N6O2/c1-3-25(26-29-30-31-33(26)18-23-10-7-13-35-23)32(16-20-8-5-4-6-9-20)17-22-15-21-14-19(2)11-12-24(21)28-27(22)34/h4-15,25H,3,16-18H2,1-2H3,(H,28,34)/t25-/m0/s1. The van der Waals surface area contributed by atoms with E-state index < -0.39 is 0 Å². The molecule has 0 aliphatic carbocycles. The molecule has 0 aliphatic heterocycles. The zero-order valence-electron chi connectivity index (χ0n) is 19.9. The van der Waals surface area contributed by atoms with Crippen molar-refractivity contribution < 1.29 is 4.42 Å². The number of nitrogens with one attached hydrogen (secondary N) is 1. The van der Waals surface area contributed by atoms with Crippen molar-refractivity contribution in [3.63, 3.8) is 0 Å². The molecule has 8 heteroatoms. The number of benzene rings is 2. The zero-order chi connectivity index (χ0) is 24.2. The van der Waals surface area contributed by atoms with Gasteiger partial charge in [0.25, 0.3) is 5.56 Å². The van der Waals surface area contributed by atoms with E-state index in [2.05, 4.69) is 57.5 Å². The number of pyridine rings is 1.